The summed E-state index contributed by atoms with van der Waals surface area (Å²) < 4.78 is 2.83. The lowest BCUT2D eigenvalue weighted by atomic mass is 10.2. The van der Waals surface area contributed by atoms with Crippen LogP contribution in [0, 0.1) is 11.3 Å². The molecule has 0 aliphatic rings. The number of hydrogen-bond donors (Lipinski definition) is 0. The molecule has 5 heteroatoms. The van der Waals surface area contributed by atoms with E-state index in [0.29, 0.717) is 12.2 Å². The van der Waals surface area contributed by atoms with Gasteiger partial charge in [0.1, 0.15) is 6.07 Å². The zero-order chi connectivity index (χ0) is 12.3. The fourth-order valence-corrected chi connectivity index (χ4v) is 1.92. The smallest absolute Gasteiger partial charge is 0.185 e. The predicted octanol–water partition coefficient (Wildman–Crippen LogP) is 2.52. The van der Waals surface area contributed by atoms with Gasteiger partial charge >= 0.3 is 0 Å². The molecule has 2 aromatic rings. The highest BCUT2D eigenvalue weighted by Crippen LogP contribution is 2.13. The molecule has 0 N–H and O–H groups in total. The van der Waals surface area contributed by atoms with Crippen LogP contribution in [0.2, 0.25) is 0 Å². The van der Waals surface area contributed by atoms with Crippen LogP contribution in [0.1, 0.15) is 23.9 Å². The van der Waals surface area contributed by atoms with Crippen molar-refractivity contribution in [2.45, 2.75) is 19.9 Å². The van der Waals surface area contributed by atoms with Gasteiger partial charge in [0.25, 0.3) is 0 Å². The maximum atomic E-state index is 8.89. The Balaban J connectivity index is 2.27. The highest BCUT2D eigenvalue weighted by Gasteiger charge is 2.10. The summed E-state index contributed by atoms with van der Waals surface area (Å²) in [7, 11) is 0. The molecule has 1 aromatic carbocycles. The van der Waals surface area contributed by atoms with Gasteiger partial charge in [0.15, 0.2) is 5.69 Å². The zero-order valence-corrected chi connectivity index (χ0v) is 11.0. The van der Waals surface area contributed by atoms with E-state index in [1.165, 1.54) is 0 Å². The van der Waals surface area contributed by atoms with Crippen molar-refractivity contribution in [2.24, 2.45) is 0 Å². The molecule has 0 spiro atoms. The van der Waals surface area contributed by atoms with E-state index in [-0.39, 0.29) is 0 Å². The van der Waals surface area contributed by atoms with Crippen molar-refractivity contribution in [3.8, 4) is 6.07 Å². The molecule has 17 heavy (non-hydrogen) atoms. The van der Waals surface area contributed by atoms with Crippen LogP contribution in [0.25, 0.3) is 0 Å². The molecule has 0 atom stereocenters. The Bertz CT molecular complexity index is 551. The minimum atomic E-state index is 0.421. The van der Waals surface area contributed by atoms with E-state index in [4.69, 9.17) is 5.26 Å². The monoisotopic (exact) mass is 290 g/mol. The van der Waals surface area contributed by atoms with E-state index in [1.54, 1.807) is 4.68 Å². The Morgan fingerprint density at radius 3 is 2.65 bits per heavy atom. The summed E-state index contributed by atoms with van der Waals surface area (Å²) in [6, 6.07) is 10.1. The molecule has 86 valence electrons. The molecule has 0 aliphatic heterocycles. The molecular formula is C12H11BrN4. The summed E-state index contributed by atoms with van der Waals surface area (Å²) in [6.45, 7) is 2.64. The molecule has 0 fully saturated rings. The number of aromatic nitrogens is 3. The van der Waals surface area contributed by atoms with Crippen molar-refractivity contribution in [1.29, 1.82) is 5.26 Å². The first-order valence-electron chi connectivity index (χ1n) is 5.31. The van der Waals surface area contributed by atoms with Crippen LogP contribution in [-0.2, 0) is 13.0 Å². The fraction of sp³-hybridized carbons (Fsp3) is 0.250. The first-order valence-corrected chi connectivity index (χ1v) is 6.10. The van der Waals surface area contributed by atoms with Crippen LogP contribution < -0.4 is 0 Å². The molecule has 0 bridgehead atoms. The number of nitriles is 1. The van der Waals surface area contributed by atoms with E-state index in [2.05, 4.69) is 32.3 Å². The molecule has 0 unspecified atom stereocenters. The lowest BCUT2D eigenvalue weighted by Gasteiger charge is -2.04. The summed E-state index contributed by atoms with van der Waals surface area (Å²) in [5.41, 5.74) is 2.44. The number of benzene rings is 1. The van der Waals surface area contributed by atoms with Crippen molar-refractivity contribution >= 4 is 15.9 Å². The Labute approximate surface area is 108 Å². The molecule has 4 nitrogen and oxygen atoms in total. The number of rotatable bonds is 3. The third-order valence-corrected chi connectivity index (χ3v) is 3.05. The van der Waals surface area contributed by atoms with Crippen molar-refractivity contribution in [3.05, 3.63) is 45.7 Å². The maximum absolute atomic E-state index is 8.89. The summed E-state index contributed by atoms with van der Waals surface area (Å²) in [6.07, 6.45) is 0.756. The van der Waals surface area contributed by atoms with Crippen molar-refractivity contribution < 1.29 is 0 Å². The first-order chi connectivity index (χ1) is 8.24. The zero-order valence-electron chi connectivity index (χ0n) is 9.39. The Kier molecular flexibility index (Phi) is 3.55. The largest absolute Gasteiger partial charge is 0.244 e. The van der Waals surface area contributed by atoms with E-state index in [0.717, 1.165) is 22.2 Å². The van der Waals surface area contributed by atoms with Crippen LogP contribution in [0.3, 0.4) is 0 Å². The van der Waals surface area contributed by atoms with Crippen LogP contribution in [0.15, 0.2) is 28.7 Å². The highest BCUT2D eigenvalue weighted by atomic mass is 79.9. The van der Waals surface area contributed by atoms with Crippen molar-refractivity contribution in [2.75, 3.05) is 0 Å². The van der Waals surface area contributed by atoms with Crippen LogP contribution in [0.4, 0.5) is 0 Å². The number of hydrogen-bond acceptors (Lipinski definition) is 3. The van der Waals surface area contributed by atoms with Gasteiger partial charge in [-0.25, -0.2) is 4.68 Å². The van der Waals surface area contributed by atoms with Crippen LogP contribution >= 0.6 is 15.9 Å². The normalized spacial score (nSPS) is 10.2. The molecule has 0 saturated heterocycles. The molecule has 1 aromatic heterocycles. The number of halogens is 1. The van der Waals surface area contributed by atoms with Gasteiger partial charge in [-0.15, -0.1) is 5.10 Å². The Morgan fingerprint density at radius 1 is 1.35 bits per heavy atom. The second-order valence-electron chi connectivity index (χ2n) is 3.63. The van der Waals surface area contributed by atoms with Gasteiger partial charge in [-0.2, -0.15) is 5.26 Å². The van der Waals surface area contributed by atoms with Gasteiger partial charge in [0.2, 0.25) is 0 Å². The predicted molar refractivity (Wildman–Crippen MR) is 67.4 cm³/mol. The summed E-state index contributed by atoms with van der Waals surface area (Å²) in [5, 5.41) is 16.8. The minimum absolute atomic E-state index is 0.421. The van der Waals surface area contributed by atoms with Crippen LogP contribution in [0.5, 0.6) is 0 Å². The summed E-state index contributed by atoms with van der Waals surface area (Å²) in [4.78, 5) is 0. The summed E-state index contributed by atoms with van der Waals surface area (Å²) in [5.74, 6) is 0. The van der Waals surface area contributed by atoms with Gasteiger partial charge in [-0.05, 0) is 24.1 Å². The lowest BCUT2D eigenvalue weighted by molar-refractivity contribution is 0.622. The summed E-state index contributed by atoms with van der Waals surface area (Å²) >= 11 is 3.40. The third-order valence-electron chi connectivity index (χ3n) is 2.52. The third kappa shape index (κ3) is 2.53. The topological polar surface area (TPSA) is 54.5 Å². The maximum Gasteiger partial charge on any atom is 0.185 e. The molecule has 0 radical (unpaired) electrons. The Hall–Kier alpha value is -1.67. The quantitative estimate of drug-likeness (QED) is 0.873. The minimum Gasteiger partial charge on any atom is -0.244 e. The van der Waals surface area contributed by atoms with Crippen LogP contribution in [-0.4, -0.2) is 15.0 Å². The first kappa shape index (κ1) is 11.8. The van der Waals surface area contributed by atoms with E-state index in [1.807, 2.05) is 31.2 Å². The highest BCUT2D eigenvalue weighted by molar-refractivity contribution is 9.10. The standard InChI is InChI=1S/C12H11BrN4/c1-2-12-11(7-14)15-16-17(12)8-9-3-5-10(13)6-4-9/h3-6H,2,8H2,1H3. The van der Waals surface area contributed by atoms with Gasteiger partial charge in [-0.3, -0.25) is 0 Å². The molecular weight excluding hydrogens is 280 g/mol. The molecule has 0 aliphatic carbocycles. The SMILES string of the molecule is CCc1c(C#N)nnn1Cc1ccc(Br)cc1. The lowest BCUT2D eigenvalue weighted by Crippen LogP contribution is -2.06. The number of nitrogens with zero attached hydrogens (tertiary/aromatic N) is 4. The van der Waals surface area contributed by atoms with Gasteiger partial charge in [0.05, 0.1) is 12.2 Å². The van der Waals surface area contributed by atoms with E-state index >= 15 is 0 Å². The van der Waals surface area contributed by atoms with Crippen molar-refractivity contribution in [1.82, 2.24) is 15.0 Å². The Morgan fingerprint density at radius 2 is 2.06 bits per heavy atom. The fourth-order valence-electron chi connectivity index (χ4n) is 1.66. The van der Waals surface area contributed by atoms with E-state index in [9.17, 15) is 0 Å². The van der Waals surface area contributed by atoms with Gasteiger partial charge in [-0.1, -0.05) is 40.2 Å². The molecule has 0 amide bonds. The molecule has 0 saturated carbocycles. The van der Waals surface area contributed by atoms with Crippen molar-refractivity contribution in [3.63, 3.8) is 0 Å². The van der Waals surface area contributed by atoms with Gasteiger partial charge < -0.3 is 0 Å². The second-order valence-corrected chi connectivity index (χ2v) is 4.55. The van der Waals surface area contributed by atoms with Gasteiger partial charge in [0, 0.05) is 4.47 Å². The molecule has 1 heterocycles. The second kappa shape index (κ2) is 5.11. The average molecular weight is 291 g/mol. The molecule has 2 rings (SSSR count). The average Bonchev–Trinajstić information content (AvgIpc) is 2.74. The van der Waals surface area contributed by atoms with E-state index < -0.39 is 0 Å².